The predicted octanol–water partition coefficient (Wildman–Crippen LogP) is 6.66. The Morgan fingerprint density at radius 3 is 2.23 bits per heavy atom. The maximum atomic E-state index is 12.1. The average molecular weight is 598 g/mol. The van der Waals surface area contributed by atoms with Crippen molar-refractivity contribution in [3.63, 3.8) is 0 Å². The van der Waals surface area contributed by atoms with Crippen LogP contribution >= 0.6 is 11.8 Å². The summed E-state index contributed by atoms with van der Waals surface area (Å²) in [6.45, 7) is 0.309. The molecule has 0 bridgehead atoms. The molecule has 1 aliphatic rings. The summed E-state index contributed by atoms with van der Waals surface area (Å²) in [6.07, 6.45) is -0.255. The number of benzene rings is 4. The Labute approximate surface area is 255 Å². The molecule has 43 heavy (non-hydrogen) atoms. The lowest BCUT2D eigenvalue weighted by Crippen LogP contribution is -2.31. The zero-order valence-corrected chi connectivity index (χ0v) is 24.5. The van der Waals surface area contributed by atoms with Crippen LogP contribution in [0.5, 0.6) is 0 Å². The number of amides is 1. The van der Waals surface area contributed by atoms with Gasteiger partial charge < -0.3 is 25.0 Å². The van der Waals surface area contributed by atoms with Gasteiger partial charge in [-0.3, -0.25) is 9.59 Å². The van der Waals surface area contributed by atoms with Gasteiger partial charge in [-0.25, -0.2) is 0 Å². The van der Waals surface area contributed by atoms with Gasteiger partial charge >= 0.3 is 5.97 Å². The van der Waals surface area contributed by atoms with Gasteiger partial charge in [0.25, 0.3) is 0 Å². The van der Waals surface area contributed by atoms with E-state index in [9.17, 15) is 14.7 Å². The zero-order valence-electron chi connectivity index (χ0n) is 23.7. The summed E-state index contributed by atoms with van der Waals surface area (Å²) >= 11 is 1.77. The highest BCUT2D eigenvalue weighted by atomic mass is 32.2. The van der Waals surface area contributed by atoms with Crippen molar-refractivity contribution in [2.45, 2.75) is 55.8 Å². The molecule has 0 radical (unpaired) electrons. The molecule has 1 fully saturated rings. The fourth-order valence-corrected chi connectivity index (χ4v) is 5.95. The number of carboxylic acid groups (broad SMARTS) is 1. The lowest BCUT2D eigenvalue weighted by atomic mass is 9.97. The number of carboxylic acids is 1. The number of aliphatic hydroxyl groups is 1. The normalized spacial score (nSPS) is 18.2. The Kier molecular flexibility index (Phi) is 10.6. The van der Waals surface area contributed by atoms with Gasteiger partial charge in [0.15, 0.2) is 6.29 Å². The average Bonchev–Trinajstić information content (AvgIpc) is 3.06. The van der Waals surface area contributed by atoms with E-state index in [2.05, 4.69) is 17.4 Å². The first-order valence-electron chi connectivity index (χ1n) is 14.3. The second-order valence-corrected chi connectivity index (χ2v) is 11.5. The van der Waals surface area contributed by atoms with E-state index in [-0.39, 0.29) is 37.6 Å². The summed E-state index contributed by atoms with van der Waals surface area (Å²) in [7, 11) is 0. The predicted molar refractivity (Wildman–Crippen MR) is 166 cm³/mol. The molecule has 7 nitrogen and oxygen atoms in total. The molecule has 1 aliphatic heterocycles. The Morgan fingerprint density at radius 2 is 1.51 bits per heavy atom. The Morgan fingerprint density at radius 1 is 0.814 bits per heavy atom. The maximum Gasteiger partial charge on any atom is 0.303 e. The largest absolute Gasteiger partial charge is 0.481 e. The lowest BCUT2D eigenvalue weighted by Gasteiger charge is -2.36. The van der Waals surface area contributed by atoms with Gasteiger partial charge in [-0.1, -0.05) is 91.0 Å². The van der Waals surface area contributed by atoms with E-state index in [1.807, 2.05) is 91.0 Å². The topological polar surface area (TPSA) is 105 Å². The fourth-order valence-electron chi connectivity index (χ4n) is 5.01. The minimum Gasteiger partial charge on any atom is -0.481 e. The van der Waals surface area contributed by atoms with Gasteiger partial charge in [-0.15, -0.1) is 11.8 Å². The molecule has 5 rings (SSSR count). The van der Waals surface area contributed by atoms with Crippen LogP contribution in [-0.4, -0.2) is 33.9 Å². The highest BCUT2D eigenvalue weighted by molar-refractivity contribution is 7.99. The summed E-state index contributed by atoms with van der Waals surface area (Å²) in [5, 5.41) is 21.1. The molecule has 8 heteroatoms. The molecule has 1 saturated heterocycles. The number of ether oxygens (including phenoxy) is 2. The quantitative estimate of drug-likeness (QED) is 0.157. The van der Waals surface area contributed by atoms with Crippen LogP contribution in [0.15, 0.2) is 108 Å². The minimum atomic E-state index is -0.992. The van der Waals surface area contributed by atoms with Gasteiger partial charge in [-0.05, 0) is 39.9 Å². The van der Waals surface area contributed by atoms with E-state index in [0.29, 0.717) is 6.54 Å². The molecule has 222 valence electrons. The van der Waals surface area contributed by atoms with Crippen LogP contribution in [-0.2, 0) is 32.2 Å². The molecular formula is C35H35NO6S. The first-order chi connectivity index (χ1) is 21.0. The van der Waals surface area contributed by atoms with Crippen molar-refractivity contribution in [1.82, 2.24) is 5.32 Å². The summed E-state index contributed by atoms with van der Waals surface area (Å²) in [6, 6.07) is 34.1. The van der Waals surface area contributed by atoms with Crippen molar-refractivity contribution in [3.05, 3.63) is 125 Å². The lowest BCUT2D eigenvalue weighted by molar-refractivity contribution is -0.245. The monoisotopic (exact) mass is 597 g/mol. The number of rotatable bonds is 12. The SMILES string of the molecule is O=C(O)CCC(=O)NCc1ccccc1-c1ccc(C2OC(CSc3ccccc3)CC(c3ccc(CO)cc3)O2)cc1. The molecule has 1 amide bonds. The van der Waals surface area contributed by atoms with Crippen molar-refractivity contribution in [2.24, 2.45) is 0 Å². The number of hydrogen-bond acceptors (Lipinski definition) is 6. The standard InChI is InChI=1S/C35H35NO6S/c37-22-24-10-12-26(13-11-24)32-20-29(23-43-30-7-2-1-3-8-30)41-35(42-32)27-16-14-25(15-17-27)31-9-5-4-6-28(31)21-36-33(38)18-19-34(39)40/h1-17,29,32,35,37H,18-23H2,(H,36,38)(H,39,40). The number of nitrogens with one attached hydrogen (secondary N) is 1. The minimum absolute atomic E-state index is 0.000447. The third-order valence-corrected chi connectivity index (χ3v) is 8.49. The molecular weight excluding hydrogens is 562 g/mol. The Hall–Kier alpha value is -3.95. The zero-order chi connectivity index (χ0) is 30.0. The smallest absolute Gasteiger partial charge is 0.303 e. The van der Waals surface area contributed by atoms with Crippen LogP contribution in [0.25, 0.3) is 11.1 Å². The van der Waals surface area contributed by atoms with Crippen molar-refractivity contribution >= 4 is 23.6 Å². The first kappa shape index (κ1) is 30.5. The number of carbonyl (C=O) groups excluding carboxylic acids is 1. The van der Waals surface area contributed by atoms with Crippen LogP contribution in [0, 0.1) is 0 Å². The van der Waals surface area contributed by atoms with E-state index in [1.165, 1.54) is 4.90 Å². The number of thioether (sulfide) groups is 1. The molecule has 0 saturated carbocycles. The van der Waals surface area contributed by atoms with Gasteiger partial charge in [0.1, 0.15) is 0 Å². The molecule has 3 unspecified atom stereocenters. The van der Waals surface area contributed by atoms with Crippen molar-refractivity contribution in [1.29, 1.82) is 0 Å². The molecule has 0 spiro atoms. The third kappa shape index (κ3) is 8.55. The van der Waals surface area contributed by atoms with Gasteiger partial charge in [0, 0.05) is 35.6 Å². The van der Waals surface area contributed by atoms with Crippen LogP contribution < -0.4 is 5.32 Å². The van der Waals surface area contributed by atoms with Crippen LogP contribution in [0.1, 0.15) is 53.9 Å². The van der Waals surface area contributed by atoms with E-state index in [0.717, 1.165) is 45.6 Å². The van der Waals surface area contributed by atoms with E-state index in [4.69, 9.17) is 14.6 Å². The summed E-state index contributed by atoms with van der Waals surface area (Å²) in [4.78, 5) is 24.1. The first-order valence-corrected chi connectivity index (χ1v) is 15.3. The molecule has 4 aromatic rings. The molecule has 0 aromatic heterocycles. The van der Waals surface area contributed by atoms with Crippen molar-refractivity contribution in [2.75, 3.05) is 5.75 Å². The molecule has 4 aromatic carbocycles. The number of aliphatic carboxylic acids is 1. The summed E-state index contributed by atoms with van der Waals surface area (Å²) in [5.41, 5.74) is 5.73. The van der Waals surface area contributed by atoms with Crippen molar-refractivity contribution < 1.29 is 29.3 Å². The second kappa shape index (κ2) is 15.0. The number of aliphatic hydroxyl groups excluding tert-OH is 1. The Bertz CT molecular complexity index is 1490. The van der Waals surface area contributed by atoms with E-state index in [1.54, 1.807) is 11.8 Å². The van der Waals surface area contributed by atoms with Gasteiger partial charge in [0.05, 0.1) is 25.2 Å². The Balaban J connectivity index is 1.31. The van der Waals surface area contributed by atoms with Crippen LogP contribution in [0.4, 0.5) is 0 Å². The van der Waals surface area contributed by atoms with Crippen LogP contribution in [0.3, 0.4) is 0 Å². The van der Waals surface area contributed by atoms with E-state index >= 15 is 0 Å². The second-order valence-electron chi connectivity index (χ2n) is 10.4. The third-order valence-electron chi connectivity index (χ3n) is 7.35. The number of hydrogen-bond donors (Lipinski definition) is 3. The molecule has 0 aliphatic carbocycles. The van der Waals surface area contributed by atoms with E-state index < -0.39 is 12.3 Å². The van der Waals surface area contributed by atoms with Gasteiger partial charge in [-0.2, -0.15) is 0 Å². The molecule has 3 N–H and O–H groups in total. The summed E-state index contributed by atoms with van der Waals surface area (Å²) in [5.74, 6) is -0.493. The molecule has 1 heterocycles. The fraction of sp³-hybridized carbons (Fsp3) is 0.257. The number of carbonyl (C=O) groups is 2. The van der Waals surface area contributed by atoms with Crippen LogP contribution in [0.2, 0.25) is 0 Å². The highest BCUT2D eigenvalue weighted by Crippen LogP contribution is 2.40. The van der Waals surface area contributed by atoms with Crippen molar-refractivity contribution in [3.8, 4) is 11.1 Å². The maximum absolute atomic E-state index is 12.1. The molecule has 3 atom stereocenters. The van der Waals surface area contributed by atoms with Gasteiger partial charge in [0.2, 0.25) is 5.91 Å². The highest BCUT2D eigenvalue weighted by Gasteiger charge is 2.32. The summed E-state index contributed by atoms with van der Waals surface area (Å²) < 4.78 is 13.0.